The monoisotopic (exact) mass is 302 g/mol. The molecule has 0 unspecified atom stereocenters. The number of hydrogen-bond donors (Lipinski definition) is 1. The van der Waals surface area contributed by atoms with Crippen molar-refractivity contribution in [3.05, 3.63) is 30.4 Å². The van der Waals surface area contributed by atoms with Gasteiger partial charge in [-0.1, -0.05) is 13.8 Å². The molecule has 3 rings (SSSR count). The summed E-state index contributed by atoms with van der Waals surface area (Å²) in [5.74, 6) is 1.09. The van der Waals surface area contributed by atoms with Gasteiger partial charge in [0.25, 0.3) is 0 Å². The summed E-state index contributed by atoms with van der Waals surface area (Å²) < 4.78 is 5.73. The van der Waals surface area contributed by atoms with E-state index in [1.165, 1.54) is 0 Å². The third-order valence-corrected chi connectivity index (χ3v) is 4.73. The molecule has 0 saturated carbocycles. The van der Waals surface area contributed by atoms with Crippen LogP contribution in [-0.2, 0) is 6.54 Å². The third-order valence-electron chi connectivity index (χ3n) is 4.73. The Morgan fingerprint density at radius 2 is 2.14 bits per heavy atom. The molecule has 6 heteroatoms. The Morgan fingerprint density at radius 3 is 2.82 bits per heavy atom. The molecule has 22 heavy (non-hydrogen) atoms. The summed E-state index contributed by atoms with van der Waals surface area (Å²) in [6.07, 6.45) is 4.16. The van der Waals surface area contributed by atoms with Crippen molar-refractivity contribution in [2.24, 2.45) is 5.41 Å². The molecule has 0 bridgehead atoms. The van der Waals surface area contributed by atoms with Crippen molar-refractivity contribution >= 4 is 0 Å². The number of aliphatic hydroxyl groups is 1. The average Bonchev–Trinajstić information content (AvgIpc) is 2.93. The molecule has 1 saturated heterocycles. The zero-order valence-electron chi connectivity index (χ0n) is 13.3. The summed E-state index contributed by atoms with van der Waals surface area (Å²) in [5.41, 5.74) is 0.0135. The lowest BCUT2D eigenvalue weighted by molar-refractivity contribution is -0.108. The highest BCUT2D eigenvalue weighted by molar-refractivity contribution is 5.49. The molecule has 0 amide bonds. The predicted molar refractivity (Wildman–Crippen MR) is 81.8 cm³/mol. The molecule has 1 fully saturated rings. The molecule has 1 N–H and O–H groups in total. The Kier molecular flexibility index (Phi) is 3.74. The summed E-state index contributed by atoms with van der Waals surface area (Å²) >= 11 is 0. The normalized spacial score (nSPS) is 25.3. The van der Waals surface area contributed by atoms with Gasteiger partial charge in [-0.3, -0.25) is 9.88 Å². The molecule has 0 aliphatic carbocycles. The summed E-state index contributed by atoms with van der Waals surface area (Å²) in [4.78, 5) is 6.30. The fourth-order valence-corrected chi connectivity index (χ4v) is 2.77. The Hall–Kier alpha value is -1.79. The first-order valence-electron chi connectivity index (χ1n) is 7.55. The van der Waals surface area contributed by atoms with Crippen LogP contribution in [0.5, 0.6) is 0 Å². The van der Waals surface area contributed by atoms with E-state index in [1.54, 1.807) is 12.4 Å². The minimum Gasteiger partial charge on any atom is -0.419 e. The lowest BCUT2D eigenvalue weighted by Gasteiger charge is -2.48. The Balaban J connectivity index is 1.69. The maximum absolute atomic E-state index is 10.5. The van der Waals surface area contributed by atoms with Crippen LogP contribution in [0.15, 0.2) is 28.9 Å². The van der Waals surface area contributed by atoms with Crippen molar-refractivity contribution in [3.63, 3.8) is 0 Å². The number of rotatable bonds is 3. The highest BCUT2D eigenvalue weighted by Gasteiger charge is 2.44. The number of hydrogen-bond acceptors (Lipinski definition) is 6. The minimum absolute atomic E-state index is 0.169. The van der Waals surface area contributed by atoms with Crippen LogP contribution in [0.2, 0.25) is 0 Å². The summed E-state index contributed by atoms with van der Waals surface area (Å²) in [5, 5.41) is 18.7. The molecule has 118 valence electrons. The number of aromatic nitrogens is 3. The van der Waals surface area contributed by atoms with E-state index in [-0.39, 0.29) is 5.41 Å². The molecule has 1 atom stereocenters. The molecule has 1 aliphatic heterocycles. The van der Waals surface area contributed by atoms with Crippen LogP contribution in [0, 0.1) is 5.41 Å². The van der Waals surface area contributed by atoms with Gasteiger partial charge in [-0.05, 0) is 25.5 Å². The lowest BCUT2D eigenvalue weighted by atomic mass is 9.71. The van der Waals surface area contributed by atoms with Gasteiger partial charge in [0, 0.05) is 30.9 Å². The van der Waals surface area contributed by atoms with Crippen LogP contribution in [0.4, 0.5) is 0 Å². The van der Waals surface area contributed by atoms with E-state index in [2.05, 4.69) is 33.9 Å². The van der Waals surface area contributed by atoms with Gasteiger partial charge in [0.2, 0.25) is 11.8 Å². The van der Waals surface area contributed by atoms with Crippen LogP contribution >= 0.6 is 0 Å². The van der Waals surface area contributed by atoms with Crippen LogP contribution in [0.25, 0.3) is 11.5 Å². The number of likely N-dealkylation sites (tertiary alicyclic amines) is 1. The molecule has 3 heterocycles. The number of pyridine rings is 1. The molecule has 0 spiro atoms. The summed E-state index contributed by atoms with van der Waals surface area (Å²) in [6, 6.07) is 3.74. The summed E-state index contributed by atoms with van der Waals surface area (Å²) in [7, 11) is 0. The first-order chi connectivity index (χ1) is 10.4. The van der Waals surface area contributed by atoms with Crippen molar-refractivity contribution < 1.29 is 9.52 Å². The van der Waals surface area contributed by atoms with Gasteiger partial charge in [0.05, 0.1) is 17.7 Å². The topological polar surface area (TPSA) is 75.3 Å². The van der Waals surface area contributed by atoms with Gasteiger partial charge in [-0.15, -0.1) is 10.2 Å². The Labute approximate surface area is 130 Å². The Bertz CT molecular complexity index is 637. The molecule has 1 aliphatic rings. The SMILES string of the molecule is CC1(C)CN(Cc2nnc(-c3cccnc3)o2)CC[C@]1(C)O. The van der Waals surface area contributed by atoms with E-state index < -0.39 is 5.60 Å². The van der Waals surface area contributed by atoms with Gasteiger partial charge in [0.15, 0.2) is 0 Å². The standard InChI is InChI=1S/C16H22N4O2/c1-15(2)11-20(8-6-16(15,3)21)10-13-18-19-14(22-13)12-5-4-7-17-9-12/h4-5,7,9,21H,6,8,10-11H2,1-3H3/t16-/m0/s1. The minimum atomic E-state index is -0.640. The maximum Gasteiger partial charge on any atom is 0.249 e. The lowest BCUT2D eigenvalue weighted by Crippen LogP contribution is -2.55. The van der Waals surface area contributed by atoms with Gasteiger partial charge in [-0.2, -0.15) is 0 Å². The number of piperidine rings is 1. The predicted octanol–water partition coefficient (Wildman–Crippen LogP) is 2.11. The molecule has 6 nitrogen and oxygen atoms in total. The van der Waals surface area contributed by atoms with Crippen LogP contribution in [0.1, 0.15) is 33.1 Å². The van der Waals surface area contributed by atoms with Crippen molar-refractivity contribution in [2.45, 2.75) is 39.3 Å². The van der Waals surface area contributed by atoms with Crippen LogP contribution in [0.3, 0.4) is 0 Å². The van der Waals surface area contributed by atoms with Crippen molar-refractivity contribution in [2.75, 3.05) is 13.1 Å². The maximum atomic E-state index is 10.5. The molecular weight excluding hydrogens is 280 g/mol. The molecule has 2 aromatic rings. The van der Waals surface area contributed by atoms with Gasteiger partial charge in [0.1, 0.15) is 0 Å². The average molecular weight is 302 g/mol. The summed E-state index contributed by atoms with van der Waals surface area (Å²) in [6.45, 7) is 8.32. The van der Waals surface area contributed by atoms with Gasteiger partial charge < -0.3 is 9.52 Å². The number of nitrogens with zero attached hydrogens (tertiary/aromatic N) is 4. The van der Waals surface area contributed by atoms with Crippen LogP contribution in [-0.4, -0.2) is 43.9 Å². The molecule has 0 radical (unpaired) electrons. The fraction of sp³-hybridized carbons (Fsp3) is 0.562. The van der Waals surface area contributed by atoms with Gasteiger partial charge >= 0.3 is 0 Å². The fourth-order valence-electron chi connectivity index (χ4n) is 2.77. The second kappa shape index (κ2) is 5.44. The quantitative estimate of drug-likeness (QED) is 0.936. The van der Waals surface area contributed by atoms with Crippen molar-refractivity contribution in [1.29, 1.82) is 0 Å². The van der Waals surface area contributed by atoms with E-state index in [9.17, 15) is 5.11 Å². The van der Waals surface area contributed by atoms with Crippen LogP contribution < -0.4 is 0 Å². The molecule has 0 aromatic carbocycles. The zero-order valence-corrected chi connectivity index (χ0v) is 13.3. The first-order valence-corrected chi connectivity index (χ1v) is 7.55. The smallest absolute Gasteiger partial charge is 0.249 e. The molecule has 2 aromatic heterocycles. The van der Waals surface area contributed by atoms with Crippen molar-refractivity contribution in [3.8, 4) is 11.5 Å². The zero-order chi connectivity index (χ0) is 15.8. The first kappa shape index (κ1) is 15.1. The largest absolute Gasteiger partial charge is 0.419 e. The van der Waals surface area contributed by atoms with E-state index >= 15 is 0 Å². The molecular formula is C16H22N4O2. The van der Waals surface area contributed by atoms with E-state index in [4.69, 9.17) is 4.42 Å². The van der Waals surface area contributed by atoms with E-state index in [0.29, 0.717) is 18.3 Å². The highest BCUT2D eigenvalue weighted by atomic mass is 16.4. The Morgan fingerprint density at radius 1 is 1.32 bits per heavy atom. The second-order valence-corrected chi connectivity index (χ2v) is 6.86. The van der Waals surface area contributed by atoms with Gasteiger partial charge in [-0.25, -0.2) is 0 Å². The van der Waals surface area contributed by atoms with E-state index in [1.807, 2.05) is 19.1 Å². The highest BCUT2D eigenvalue weighted by Crippen LogP contribution is 2.38. The third kappa shape index (κ3) is 2.89. The second-order valence-electron chi connectivity index (χ2n) is 6.86. The van der Waals surface area contributed by atoms with Crippen molar-refractivity contribution in [1.82, 2.24) is 20.1 Å². The van der Waals surface area contributed by atoms with E-state index in [0.717, 1.165) is 25.1 Å².